The monoisotopic (exact) mass is 190 g/mol. The molecule has 74 valence electrons. The van der Waals surface area contributed by atoms with Crippen LogP contribution < -0.4 is 5.32 Å². The lowest BCUT2D eigenvalue weighted by molar-refractivity contribution is -0.659. The van der Waals surface area contributed by atoms with Crippen molar-refractivity contribution in [2.45, 2.75) is 19.4 Å². The maximum Gasteiger partial charge on any atom is 0.134 e. The van der Waals surface area contributed by atoms with Crippen molar-refractivity contribution in [2.24, 2.45) is 0 Å². The fourth-order valence-corrected chi connectivity index (χ4v) is 1.62. The second kappa shape index (κ2) is 3.84. The Labute approximate surface area is 83.9 Å². The predicted octanol–water partition coefficient (Wildman–Crippen LogP) is 1.56. The fourth-order valence-electron chi connectivity index (χ4n) is 1.62. The summed E-state index contributed by atoms with van der Waals surface area (Å²) in [5.74, 6) is 0. The summed E-state index contributed by atoms with van der Waals surface area (Å²) in [6.07, 6.45) is 2.83. The van der Waals surface area contributed by atoms with Crippen LogP contribution in [-0.2, 0) is 6.42 Å². The standard InChI is InChI=1S/C12H15NO/c1-9(13-2)7-10-3-4-11-5-6-14-12(11)8-10/h3-6,8-9,13H,7H2,1-2H3/p+1. The van der Waals surface area contributed by atoms with Crippen molar-refractivity contribution in [3.05, 3.63) is 36.1 Å². The number of furan rings is 1. The molecular weight excluding hydrogens is 174 g/mol. The van der Waals surface area contributed by atoms with Crippen molar-refractivity contribution in [1.82, 2.24) is 0 Å². The summed E-state index contributed by atoms with van der Waals surface area (Å²) in [5, 5.41) is 3.41. The number of rotatable bonds is 3. The van der Waals surface area contributed by atoms with E-state index in [0.29, 0.717) is 6.04 Å². The average molecular weight is 190 g/mol. The van der Waals surface area contributed by atoms with Crippen molar-refractivity contribution < 1.29 is 9.73 Å². The Morgan fingerprint density at radius 1 is 1.36 bits per heavy atom. The SMILES string of the molecule is C[NH2+]C(C)Cc1ccc2ccoc2c1. The summed E-state index contributed by atoms with van der Waals surface area (Å²) >= 11 is 0. The molecular formula is C12H16NO+. The van der Waals surface area contributed by atoms with E-state index in [-0.39, 0.29) is 0 Å². The van der Waals surface area contributed by atoms with Gasteiger partial charge in [-0.25, -0.2) is 0 Å². The third kappa shape index (κ3) is 1.80. The van der Waals surface area contributed by atoms with E-state index in [0.717, 1.165) is 12.0 Å². The maximum atomic E-state index is 5.36. The van der Waals surface area contributed by atoms with Crippen molar-refractivity contribution in [3.63, 3.8) is 0 Å². The third-order valence-electron chi connectivity index (χ3n) is 2.65. The van der Waals surface area contributed by atoms with Crippen molar-refractivity contribution in [2.75, 3.05) is 7.05 Å². The topological polar surface area (TPSA) is 29.8 Å². The number of quaternary nitrogens is 1. The van der Waals surface area contributed by atoms with Gasteiger partial charge in [0, 0.05) is 11.8 Å². The Hall–Kier alpha value is -1.28. The predicted molar refractivity (Wildman–Crippen MR) is 57.2 cm³/mol. The van der Waals surface area contributed by atoms with Crippen molar-refractivity contribution >= 4 is 11.0 Å². The van der Waals surface area contributed by atoms with Gasteiger partial charge < -0.3 is 9.73 Å². The van der Waals surface area contributed by atoms with E-state index in [9.17, 15) is 0 Å². The van der Waals surface area contributed by atoms with Crippen LogP contribution in [0.3, 0.4) is 0 Å². The van der Waals surface area contributed by atoms with Gasteiger partial charge in [-0.1, -0.05) is 12.1 Å². The van der Waals surface area contributed by atoms with Gasteiger partial charge in [0.25, 0.3) is 0 Å². The van der Waals surface area contributed by atoms with Gasteiger partial charge in [-0.2, -0.15) is 0 Å². The summed E-state index contributed by atoms with van der Waals surface area (Å²) in [6, 6.07) is 9.06. The van der Waals surface area contributed by atoms with Crippen LogP contribution in [0.25, 0.3) is 11.0 Å². The first kappa shape index (κ1) is 9.28. The highest BCUT2D eigenvalue weighted by Gasteiger charge is 2.05. The smallest absolute Gasteiger partial charge is 0.134 e. The minimum Gasteiger partial charge on any atom is -0.464 e. The van der Waals surface area contributed by atoms with E-state index in [1.165, 1.54) is 10.9 Å². The second-order valence-corrected chi connectivity index (χ2v) is 3.81. The van der Waals surface area contributed by atoms with Crippen LogP contribution in [0.15, 0.2) is 34.9 Å². The molecule has 0 amide bonds. The zero-order valence-electron chi connectivity index (χ0n) is 8.66. The molecule has 0 aliphatic carbocycles. The van der Waals surface area contributed by atoms with Crippen molar-refractivity contribution in [3.8, 4) is 0 Å². The fraction of sp³-hybridized carbons (Fsp3) is 0.333. The minimum absolute atomic E-state index is 0.627. The number of hydrogen-bond donors (Lipinski definition) is 1. The molecule has 2 aromatic rings. The number of nitrogens with two attached hydrogens (primary N) is 1. The summed E-state index contributed by atoms with van der Waals surface area (Å²) in [5.41, 5.74) is 2.34. The molecule has 2 heteroatoms. The maximum absolute atomic E-state index is 5.36. The number of hydrogen-bond acceptors (Lipinski definition) is 1. The lowest BCUT2D eigenvalue weighted by Crippen LogP contribution is -2.85. The normalized spacial score (nSPS) is 13.3. The van der Waals surface area contributed by atoms with Gasteiger partial charge >= 0.3 is 0 Å². The Morgan fingerprint density at radius 3 is 3.00 bits per heavy atom. The van der Waals surface area contributed by atoms with Crippen LogP contribution in [0.4, 0.5) is 0 Å². The van der Waals surface area contributed by atoms with E-state index >= 15 is 0 Å². The lowest BCUT2D eigenvalue weighted by Gasteiger charge is -2.06. The molecule has 0 fully saturated rings. The summed E-state index contributed by atoms with van der Waals surface area (Å²) < 4.78 is 5.36. The van der Waals surface area contributed by atoms with Crippen molar-refractivity contribution in [1.29, 1.82) is 0 Å². The molecule has 0 radical (unpaired) electrons. The number of fused-ring (bicyclic) bond motifs is 1. The average Bonchev–Trinajstić information content (AvgIpc) is 2.64. The Balaban J connectivity index is 2.25. The van der Waals surface area contributed by atoms with Crippen LogP contribution in [0.2, 0.25) is 0 Å². The van der Waals surface area contributed by atoms with Gasteiger partial charge in [-0.05, 0) is 24.6 Å². The van der Waals surface area contributed by atoms with Crippen LogP contribution in [-0.4, -0.2) is 13.1 Å². The molecule has 0 spiro atoms. The Bertz CT molecular complexity index is 419. The summed E-state index contributed by atoms with van der Waals surface area (Å²) in [4.78, 5) is 0. The lowest BCUT2D eigenvalue weighted by atomic mass is 10.1. The van der Waals surface area contributed by atoms with E-state index in [2.05, 4.69) is 37.5 Å². The van der Waals surface area contributed by atoms with Crippen LogP contribution in [0.5, 0.6) is 0 Å². The quantitative estimate of drug-likeness (QED) is 0.782. The van der Waals surface area contributed by atoms with Crippen LogP contribution in [0, 0.1) is 0 Å². The third-order valence-corrected chi connectivity index (χ3v) is 2.65. The molecule has 2 nitrogen and oxygen atoms in total. The molecule has 1 heterocycles. The molecule has 1 aromatic carbocycles. The number of benzene rings is 1. The van der Waals surface area contributed by atoms with E-state index < -0.39 is 0 Å². The molecule has 1 atom stereocenters. The molecule has 14 heavy (non-hydrogen) atoms. The largest absolute Gasteiger partial charge is 0.464 e. The molecule has 2 N–H and O–H groups in total. The molecule has 0 aliphatic rings. The summed E-state index contributed by atoms with van der Waals surface area (Å²) in [7, 11) is 2.11. The first-order valence-electron chi connectivity index (χ1n) is 5.05. The first-order valence-corrected chi connectivity index (χ1v) is 5.05. The number of likely N-dealkylation sites (N-methyl/N-ethyl adjacent to an activating group) is 1. The van der Waals surface area contributed by atoms with Gasteiger partial charge in [0.05, 0.1) is 19.4 Å². The Kier molecular flexibility index (Phi) is 2.55. The van der Waals surface area contributed by atoms with Crippen LogP contribution in [0.1, 0.15) is 12.5 Å². The second-order valence-electron chi connectivity index (χ2n) is 3.81. The highest BCUT2D eigenvalue weighted by molar-refractivity contribution is 5.77. The molecule has 1 aromatic heterocycles. The van der Waals surface area contributed by atoms with Gasteiger partial charge in [-0.15, -0.1) is 0 Å². The van der Waals surface area contributed by atoms with Gasteiger partial charge in [0.2, 0.25) is 0 Å². The highest BCUT2D eigenvalue weighted by atomic mass is 16.3. The van der Waals surface area contributed by atoms with Crippen LogP contribution >= 0.6 is 0 Å². The first-order chi connectivity index (χ1) is 6.79. The molecule has 0 saturated carbocycles. The van der Waals surface area contributed by atoms with E-state index in [4.69, 9.17) is 4.42 Å². The van der Waals surface area contributed by atoms with Gasteiger partial charge in [0.15, 0.2) is 0 Å². The zero-order valence-corrected chi connectivity index (χ0v) is 8.66. The zero-order chi connectivity index (χ0) is 9.97. The molecule has 0 aliphatic heterocycles. The molecule has 2 rings (SSSR count). The highest BCUT2D eigenvalue weighted by Crippen LogP contribution is 2.17. The minimum atomic E-state index is 0.627. The summed E-state index contributed by atoms with van der Waals surface area (Å²) in [6.45, 7) is 2.23. The molecule has 0 bridgehead atoms. The van der Waals surface area contributed by atoms with E-state index in [1.54, 1.807) is 6.26 Å². The van der Waals surface area contributed by atoms with Gasteiger partial charge in [0.1, 0.15) is 5.58 Å². The molecule has 0 saturated heterocycles. The Morgan fingerprint density at radius 2 is 2.21 bits per heavy atom. The van der Waals surface area contributed by atoms with Gasteiger partial charge in [-0.3, -0.25) is 0 Å². The molecule has 1 unspecified atom stereocenters. The van der Waals surface area contributed by atoms with E-state index in [1.807, 2.05) is 6.07 Å².